The van der Waals surface area contributed by atoms with Crippen LogP contribution in [0.1, 0.15) is 11.6 Å². The third-order valence-corrected chi connectivity index (χ3v) is 3.18. The van der Waals surface area contributed by atoms with E-state index in [1.165, 1.54) is 0 Å². The van der Waals surface area contributed by atoms with Gasteiger partial charge in [-0.3, -0.25) is 0 Å². The summed E-state index contributed by atoms with van der Waals surface area (Å²) in [6.07, 6.45) is 0. The summed E-state index contributed by atoms with van der Waals surface area (Å²) in [7, 11) is 0. The van der Waals surface area contributed by atoms with Gasteiger partial charge in [-0.2, -0.15) is 0 Å². The highest BCUT2D eigenvalue weighted by atomic mass is 79.9. The van der Waals surface area contributed by atoms with Gasteiger partial charge in [0, 0.05) is 19.1 Å². The minimum Gasteiger partial charge on any atom is -0.454 e. The number of nitrogens with two attached hydrogens (primary N) is 1. The molecule has 1 aliphatic heterocycles. The average molecular weight is 303 g/mol. The predicted octanol–water partition coefficient (Wildman–Crippen LogP) is 0.760. The molecule has 0 bridgehead atoms. The van der Waals surface area contributed by atoms with Gasteiger partial charge in [0.1, 0.15) is 0 Å². The Bertz CT molecular complexity index is 401. The Labute approximate surface area is 108 Å². The van der Waals surface area contributed by atoms with Gasteiger partial charge in [-0.1, -0.05) is 0 Å². The standard InChI is InChI=1S/C11H15BrN2O3/c12-8-3-7(9(5-13)14-1-2-15)4-10-11(8)17-6-16-10/h3-4,9,14-15H,1-2,5-6,13H2. The maximum absolute atomic E-state index is 8.81. The summed E-state index contributed by atoms with van der Waals surface area (Å²) in [6.45, 7) is 1.29. The van der Waals surface area contributed by atoms with Gasteiger partial charge in [-0.15, -0.1) is 0 Å². The van der Waals surface area contributed by atoms with Gasteiger partial charge >= 0.3 is 0 Å². The van der Waals surface area contributed by atoms with Crippen LogP contribution in [0, 0.1) is 0 Å². The van der Waals surface area contributed by atoms with E-state index in [2.05, 4.69) is 21.2 Å². The first-order chi connectivity index (χ1) is 8.26. The van der Waals surface area contributed by atoms with Crippen molar-refractivity contribution in [2.45, 2.75) is 6.04 Å². The van der Waals surface area contributed by atoms with Crippen molar-refractivity contribution in [3.05, 3.63) is 22.2 Å². The topological polar surface area (TPSA) is 76.7 Å². The van der Waals surface area contributed by atoms with Crippen molar-refractivity contribution in [1.29, 1.82) is 0 Å². The molecule has 1 atom stereocenters. The van der Waals surface area contributed by atoms with Crippen LogP contribution in [0.5, 0.6) is 11.5 Å². The van der Waals surface area contributed by atoms with Crippen molar-refractivity contribution < 1.29 is 14.6 Å². The number of benzene rings is 1. The van der Waals surface area contributed by atoms with Gasteiger partial charge in [0.25, 0.3) is 0 Å². The second kappa shape index (κ2) is 5.68. The molecule has 1 unspecified atom stereocenters. The SMILES string of the molecule is NCC(NCCO)c1cc(Br)c2c(c1)OCO2. The van der Waals surface area contributed by atoms with Gasteiger partial charge in [-0.05, 0) is 33.6 Å². The van der Waals surface area contributed by atoms with Crippen molar-refractivity contribution >= 4 is 15.9 Å². The fraction of sp³-hybridized carbons (Fsp3) is 0.455. The Morgan fingerprint density at radius 1 is 1.47 bits per heavy atom. The Kier molecular flexibility index (Phi) is 4.22. The van der Waals surface area contributed by atoms with Crippen LogP contribution >= 0.6 is 15.9 Å². The number of fused-ring (bicyclic) bond motifs is 1. The van der Waals surface area contributed by atoms with Crippen LogP contribution in [-0.4, -0.2) is 31.6 Å². The molecule has 5 nitrogen and oxygen atoms in total. The molecule has 0 spiro atoms. The number of nitrogens with one attached hydrogen (secondary N) is 1. The Balaban J connectivity index is 2.22. The number of aliphatic hydroxyl groups excluding tert-OH is 1. The maximum atomic E-state index is 8.81. The number of hydrogen-bond donors (Lipinski definition) is 3. The molecule has 0 fully saturated rings. The molecule has 1 aliphatic rings. The molecule has 4 N–H and O–H groups in total. The molecule has 0 aliphatic carbocycles. The average Bonchev–Trinajstić information content (AvgIpc) is 2.79. The molecular weight excluding hydrogens is 288 g/mol. The van der Waals surface area contributed by atoms with Gasteiger partial charge < -0.3 is 25.6 Å². The largest absolute Gasteiger partial charge is 0.454 e. The van der Waals surface area contributed by atoms with Crippen LogP contribution in [-0.2, 0) is 0 Å². The summed E-state index contributed by atoms with van der Waals surface area (Å²) < 4.78 is 11.5. The lowest BCUT2D eigenvalue weighted by Gasteiger charge is -2.17. The fourth-order valence-corrected chi connectivity index (χ4v) is 2.34. The molecule has 94 valence electrons. The highest BCUT2D eigenvalue weighted by molar-refractivity contribution is 9.10. The smallest absolute Gasteiger partial charge is 0.231 e. The van der Waals surface area contributed by atoms with E-state index in [9.17, 15) is 0 Å². The third kappa shape index (κ3) is 2.71. The maximum Gasteiger partial charge on any atom is 0.231 e. The quantitative estimate of drug-likeness (QED) is 0.749. The zero-order valence-corrected chi connectivity index (χ0v) is 10.9. The zero-order chi connectivity index (χ0) is 12.3. The van der Waals surface area contributed by atoms with Gasteiger partial charge in [0.15, 0.2) is 11.5 Å². The Morgan fingerprint density at radius 2 is 2.29 bits per heavy atom. The minimum absolute atomic E-state index is 0.00653. The number of aliphatic hydroxyl groups is 1. The second-order valence-electron chi connectivity index (χ2n) is 3.70. The van der Waals surface area contributed by atoms with Crippen LogP contribution in [0.3, 0.4) is 0 Å². The lowest BCUT2D eigenvalue weighted by molar-refractivity contribution is 0.173. The molecule has 2 rings (SSSR count). The van der Waals surface area contributed by atoms with Crippen LogP contribution in [0.15, 0.2) is 16.6 Å². The highest BCUT2D eigenvalue weighted by Gasteiger charge is 2.20. The van der Waals surface area contributed by atoms with E-state index < -0.39 is 0 Å². The van der Waals surface area contributed by atoms with Crippen molar-refractivity contribution in [2.75, 3.05) is 26.5 Å². The summed E-state index contributed by atoms with van der Waals surface area (Å²) in [5.41, 5.74) is 6.72. The first kappa shape index (κ1) is 12.6. The summed E-state index contributed by atoms with van der Waals surface area (Å²) >= 11 is 3.44. The molecule has 1 aromatic rings. The van der Waals surface area contributed by atoms with Crippen molar-refractivity contribution in [3.8, 4) is 11.5 Å². The van der Waals surface area contributed by atoms with Gasteiger partial charge in [0.2, 0.25) is 6.79 Å². The predicted molar refractivity (Wildman–Crippen MR) is 67.1 cm³/mol. The Hall–Kier alpha value is -0.820. The molecule has 0 radical (unpaired) electrons. The van der Waals surface area contributed by atoms with E-state index >= 15 is 0 Å². The molecular formula is C11H15BrN2O3. The van der Waals surface area contributed by atoms with E-state index in [0.717, 1.165) is 21.5 Å². The van der Waals surface area contributed by atoms with E-state index in [4.69, 9.17) is 20.3 Å². The first-order valence-electron chi connectivity index (χ1n) is 5.39. The van der Waals surface area contributed by atoms with Gasteiger partial charge in [-0.25, -0.2) is 0 Å². The summed E-state index contributed by atoms with van der Waals surface area (Å²) in [6, 6.07) is 3.86. The van der Waals surface area contributed by atoms with Crippen LogP contribution in [0.4, 0.5) is 0 Å². The van der Waals surface area contributed by atoms with E-state index in [0.29, 0.717) is 13.1 Å². The van der Waals surface area contributed by atoms with Gasteiger partial charge in [0.05, 0.1) is 11.1 Å². The van der Waals surface area contributed by atoms with E-state index in [1.807, 2.05) is 12.1 Å². The molecule has 17 heavy (non-hydrogen) atoms. The minimum atomic E-state index is -0.00653. The molecule has 1 aromatic carbocycles. The Morgan fingerprint density at radius 3 is 3.00 bits per heavy atom. The molecule has 6 heteroatoms. The summed E-state index contributed by atoms with van der Waals surface area (Å²) in [4.78, 5) is 0. The number of halogens is 1. The lowest BCUT2D eigenvalue weighted by Crippen LogP contribution is -2.30. The molecule has 0 aromatic heterocycles. The molecule has 0 saturated carbocycles. The first-order valence-corrected chi connectivity index (χ1v) is 6.19. The summed E-state index contributed by atoms with van der Waals surface area (Å²) in [5, 5.41) is 12.0. The van der Waals surface area contributed by atoms with Crippen molar-refractivity contribution in [3.63, 3.8) is 0 Å². The van der Waals surface area contributed by atoms with Crippen LogP contribution in [0.25, 0.3) is 0 Å². The lowest BCUT2D eigenvalue weighted by atomic mass is 10.1. The fourth-order valence-electron chi connectivity index (χ4n) is 1.76. The van der Waals surface area contributed by atoms with Crippen LogP contribution in [0.2, 0.25) is 0 Å². The normalized spacial score (nSPS) is 15.0. The van der Waals surface area contributed by atoms with Crippen LogP contribution < -0.4 is 20.5 Å². The number of ether oxygens (including phenoxy) is 2. The molecule has 1 heterocycles. The second-order valence-corrected chi connectivity index (χ2v) is 4.56. The molecule has 0 amide bonds. The third-order valence-electron chi connectivity index (χ3n) is 2.59. The van der Waals surface area contributed by atoms with E-state index in [-0.39, 0.29) is 19.4 Å². The molecule has 0 saturated heterocycles. The summed E-state index contributed by atoms with van der Waals surface area (Å²) in [5.74, 6) is 1.45. The highest BCUT2D eigenvalue weighted by Crippen LogP contribution is 2.41. The number of hydrogen-bond acceptors (Lipinski definition) is 5. The van der Waals surface area contributed by atoms with E-state index in [1.54, 1.807) is 0 Å². The number of rotatable bonds is 5. The monoisotopic (exact) mass is 302 g/mol. The van der Waals surface area contributed by atoms with Crippen molar-refractivity contribution in [2.24, 2.45) is 5.73 Å². The van der Waals surface area contributed by atoms with Crippen molar-refractivity contribution in [1.82, 2.24) is 5.32 Å². The zero-order valence-electron chi connectivity index (χ0n) is 9.28.